The Hall–Kier alpha value is -1.48. The molecule has 0 spiro atoms. The zero-order chi connectivity index (χ0) is 13.1. The van der Waals surface area contributed by atoms with Gasteiger partial charge >= 0.3 is 0 Å². The fourth-order valence-electron chi connectivity index (χ4n) is 2.24. The number of carbonyl (C=O) groups excluding carboxylic acids is 1. The summed E-state index contributed by atoms with van der Waals surface area (Å²) in [5.41, 5.74) is 4.60. The van der Waals surface area contributed by atoms with Crippen LogP contribution in [-0.2, 0) is 4.79 Å². The van der Waals surface area contributed by atoms with Crippen molar-refractivity contribution >= 4 is 18.5 Å². The molecule has 0 aliphatic heterocycles. The lowest BCUT2D eigenvalue weighted by Crippen LogP contribution is -2.26. The van der Waals surface area contributed by atoms with Crippen LogP contribution in [-0.4, -0.2) is 11.7 Å². The highest BCUT2D eigenvalue weighted by atomic mass is 32.1. The molecule has 0 radical (unpaired) electrons. The number of aryl methyl sites for hydroxylation is 1. The minimum Gasteiger partial charge on any atom is -0.328 e. The number of hydrogen-bond donors (Lipinski definition) is 2. The molecule has 1 amide bonds. The van der Waals surface area contributed by atoms with E-state index in [-0.39, 0.29) is 17.6 Å². The van der Waals surface area contributed by atoms with Crippen LogP contribution in [0.25, 0.3) is 0 Å². The van der Waals surface area contributed by atoms with Gasteiger partial charge in [-0.25, -0.2) is 0 Å². The Morgan fingerprint density at radius 3 is 2.72 bits per heavy atom. The van der Waals surface area contributed by atoms with Crippen LogP contribution in [0, 0.1) is 6.92 Å². The Kier molecular flexibility index (Phi) is 3.92. The SMILES string of the molecule is CC1=CC(c2ccccc2C)C(NC(=O)CS)=C1. The lowest BCUT2D eigenvalue weighted by atomic mass is 9.94. The maximum atomic E-state index is 11.5. The molecule has 3 heteroatoms. The second-order valence-corrected chi connectivity index (χ2v) is 4.87. The molecule has 0 fully saturated rings. The number of nitrogens with one attached hydrogen (secondary N) is 1. The van der Waals surface area contributed by atoms with Crippen molar-refractivity contribution in [1.29, 1.82) is 0 Å². The molecule has 0 aromatic heterocycles. The van der Waals surface area contributed by atoms with E-state index >= 15 is 0 Å². The molecule has 0 bridgehead atoms. The molecule has 18 heavy (non-hydrogen) atoms. The number of amides is 1. The minimum absolute atomic E-state index is 0.0636. The molecule has 2 rings (SSSR count). The normalized spacial score (nSPS) is 18.3. The molecule has 1 aromatic carbocycles. The van der Waals surface area contributed by atoms with Crippen LogP contribution in [0.5, 0.6) is 0 Å². The standard InChI is InChI=1S/C15H17NOS/c1-10-7-13(12-6-4-3-5-11(12)2)14(8-10)16-15(17)9-18/h3-8,13,18H,9H2,1-2H3,(H,16,17). The lowest BCUT2D eigenvalue weighted by molar-refractivity contribution is -0.117. The van der Waals surface area contributed by atoms with Gasteiger partial charge in [0.05, 0.1) is 5.75 Å². The van der Waals surface area contributed by atoms with Gasteiger partial charge in [-0.05, 0) is 31.1 Å². The first-order chi connectivity index (χ1) is 8.61. The van der Waals surface area contributed by atoms with Crippen LogP contribution in [0.1, 0.15) is 24.0 Å². The van der Waals surface area contributed by atoms with Crippen molar-refractivity contribution in [2.75, 3.05) is 5.75 Å². The van der Waals surface area contributed by atoms with Gasteiger partial charge in [-0.1, -0.05) is 35.9 Å². The van der Waals surface area contributed by atoms with Gasteiger partial charge in [0.15, 0.2) is 0 Å². The Balaban J connectivity index is 2.30. The second kappa shape index (κ2) is 5.44. The van der Waals surface area contributed by atoms with E-state index in [0.717, 1.165) is 5.70 Å². The van der Waals surface area contributed by atoms with Gasteiger partial charge < -0.3 is 5.32 Å². The second-order valence-electron chi connectivity index (χ2n) is 4.55. The van der Waals surface area contributed by atoms with E-state index < -0.39 is 0 Å². The van der Waals surface area contributed by atoms with E-state index in [0.29, 0.717) is 0 Å². The van der Waals surface area contributed by atoms with Gasteiger partial charge in [-0.2, -0.15) is 12.6 Å². The molecular weight excluding hydrogens is 242 g/mol. The zero-order valence-electron chi connectivity index (χ0n) is 10.6. The predicted octanol–water partition coefficient (Wildman–Crippen LogP) is 2.97. The average Bonchev–Trinajstić information content (AvgIpc) is 2.70. The van der Waals surface area contributed by atoms with Crippen LogP contribution in [0.15, 0.2) is 47.7 Å². The van der Waals surface area contributed by atoms with E-state index in [1.54, 1.807) is 0 Å². The summed E-state index contributed by atoms with van der Waals surface area (Å²) in [5, 5.41) is 2.93. The third-order valence-electron chi connectivity index (χ3n) is 3.10. The number of carbonyl (C=O) groups is 1. The molecule has 1 aliphatic rings. The van der Waals surface area contributed by atoms with Crippen LogP contribution in [0.2, 0.25) is 0 Å². The first kappa shape index (κ1) is 13.0. The van der Waals surface area contributed by atoms with E-state index in [4.69, 9.17) is 0 Å². The maximum absolute atomic E-state index is 11.5. The van der Waals surface area contributed by atoms with Crippen LogP contribution >= 0.6 is 12.6 Å². The van der Waals surface area contributed by atoms with Crippen molar-refractivity contribution in [3.8, 4) is 0 Å². The summed E-state index contributed by atoms with van der Waals surface area (Å²) in [4.78, 5) is 11.5. The fraction of sp³-hybridized carbons (Fsp3) is 0.267. The Morgan fingerprint density at radius 2 is 2.06 bits per heavy atom. The van der Waals surface area contributed by atoms with Crippen molar-refractivity contribution in [2.24, 2.45) is 0 Å². The summed E-state index contributed by atoms with van der Waals surface area (Å²) in [5.74, 6) is 0.290. The summed E-state index contributed by atoms with van der Waals surface area (Å²) < 4.78 is 0. The Labute approximate surface area is 113 Å². The van der Waals surface area contributed by atoms with E-state index in [2.05, 4.69) is 43.1 Å². The third kappa shape index (κ3) is 2.67. The summed E-state index contributed by atoms with van der Waals surface area (Å²) in [7, 11) is 0. The van der Waals surface area contributed by atoms with Gasteiger partial charge in [-0.15, -0.1) is 0 Å². The molecule has 1 N–H and O–H groups in total. The molecule has 1 unspecified atom stereocenters. The molecule has 94 valence electrons. The van der Waals surface area contributed by atoms with Crippen molar-refractivity contribution in [1.82, 2.24) is 5.32 Å². The summed E-state index contributed by atoms with van der Waals surface area (Å²) in [6.07, 6.45) is 4.20. The molecule has 1 aromatic rings. The highest BCUT2D eigenvalue weighted by Gasteiger charge is 2.21. The molecular formula is C15H17NOS. The van der Waals surface area contributed by atoms with Crippen LogP contribution < -0.4 is 5.32 Å². The summed E-state index contributed by atoms with van der Waals surface area (Å²) in [6.45, 7) is 4.14. The van der Waals surface area contributed by atoms with Gasteiger partial charge in [0.25, 0.3) is 0 Å². The van der Waals surface area contributed by atoms with Gasteiger partial charge in [0.1, 0.15) is 0 Å². The Morgan fingerprint density at radius 1 is 1.33 bits per heavy atom. The van der Waals surface area contributed by atoms with Gasteiger partial charge in [0, 0.05) is 11.6 Å². The highest BCUT2D eigenvalue weighted by molar-refractivity contribution is 7.81. The fourth-order valence-corrected chi connectivity index (χ4v) is 2.32. The number of thiol groups is 1. The first-order valence-corrected chi connectivity index (χ1v) is 6.61. The molecule has 0 saturated carbocycles. The predicted molar refractivity (Wildman–Crippen MR) is 77.8 cm³/mol. The van der Waals surface area contributed by atoms with Crippen molar-refractivity contribution in [3.05, 3.63) is 58.8 Å². The molecule has 0 saturated heterocycles. The van der Waals surface area contributed by atoms with Crippen molar-refractivity contribution in [2.45, 2.75) is 19.8 Å². The van der Waals surface area contributed by atoms with Crippen molar-refractivity contribution in [3.63, 3.8) is 0 Å². The number of hydrogen-bond acceptors (Lipinski definition) is 2. The smallest absolute Gasteiger partial charge is 0.233 e. The minimum atomic E-state index is -0.0636. The summed E-state index contributed by atoms with van der Waals surface area (Å²) in [6, 6.07) is 8.26. The quantitative estimate of drug-likeness (QED) is 0.803. The monoisotopic (exact) mass is 259 g/mol. The van der Waals surface area contributed by atoms with E-state index in [1.165, 1.54) is 16.7 Å². The highest BCUT2D eigenvalue weighted by Crippen LogP contribution is 2.33. The van der Waals surface area contributed by atoms with E-state index in [1.807, 2.05) is 25.1 Å². The van der Waals surface area contributed by atoms with Gasteiger partial charge in [0.2, 0.25) is 5.91 Å². The topological polar surface area (TPSA) is 29.1 Å². The number of rotatable bonds is 3. The molecule has 2 nitrogen and oxygen atoms in total. The van der Waals surface area contributed by atoms with E-state index in [9.17, 15) is 4.79 Å². The molecule has 1 aliphatic carbocycles. The summed E-state index contributed by atoms with van der Waals surface area (Å²) >= 11 is 3.99. The zero-order valence-corrected chi connectivity index (χ0v) is 11.5. The lowest BCUT2D eigenvalue weighted by Gasteiger charge is -2.17. The first-order valence-electron chi connectivity index (χ1n) is 5.98. The molecule has 1 atom stereocenters. The third-order valence-corrected chi connectivity index (χ3v) is 3.39. The van der Waals surface area contributed by atoms with Crippen LogP contribution in [0.4, 0.5) is 0 Å². The van der Waals surface area contributed by atoms with Crippen molar-refractivity contribution < 1.29 is 4.79 Å². The number of benzene rings is 1. The average molecular weight is 259 g/mol. The largest absolute Gasteiger partial charge is 0.328 e. The Bertz CT molecular complexity index is 531. The van der Waals surface area contributed by atoms with Gasteiger partial charge in [-0.3, -0.25) is 4.79 Å². The maximum Gasteiger partial charge on any atom is 0.233 e. The van der Waals surface area contributed by atoms with Crippen LogP contribution in [0.3, 0.4) is 0 Å². The molecule has 0 heterocycles. The number of allylic oxidation sites excluding steroid dienone is 3.